The summed E-state index contributed by atoms with van der Waals surface area (Å²) in [4.78, 5) is 3.44. The monoisotopic (exact) mass is 289 g/mol. The summed E-state index contributed by atoms with van der Waals surface area (Å²) in [6, 6.07) is 10.2. The van der Waals surface area contributed by atoms with Gasteiger partial charge in [-0.25, -0.2) is 0 Å². The molecule has 0 aliphatic carbocycles. The molecule has 0 aliphatic rings. The van der Waals surface area contributed by atoms with Crippen LogP contribution in [0, 0.1) is 6.92 Å². The summed E-state index contributed by atoms with van der Waals surface area (Å²) >= 11 is 1.73. The summed E-state index contributed by atoms with van der Waals surface area (Å²) in [6.45, 7) is 4.18. The largest absolute Gasteiger partial charge is 0.409 e. The van der Waals surface area contributed by atoms with E-state index in [-0.39, 0.29) is 11.9 Å². The molecule has 0 saturated heterocycles. The van der Waals surface area contributed by atoms with Gasteiger partial charge < -0.3 is 15.8 Å². The van der Waals surface area contributed by atoms with Crippen molar-refractivity contribution in [1.82, 2.24) is 0 Å². The van der Waals surface area contributed by atoms with Gasteiger partial charge in [-0.1, -0.05) is 23.4 Å². The number of hydrogen-bond acceptors (Lipinski definition) is 4. The molecule has 106 valence electrons. The van der Waals surface area contributed by atoms with Gasteiger partial charge in [0.05, 0.1) is 11.7 Å². The maximum Gasteiger partial charge on any atom is 0.172 e. The maximum absolute atomic E-state index is 8.95. The van der Waals surface area contributed by atoms with Crippen molar-refractivity contribution >= 4 is 22.9 Å². The number of oxime groups is 1. The third-order valence-electron chi connectivity index (χ3n) is 3.51. The fourth-order valence-electron chi connectivity index (χ4n) is 2.30. The molecule has 1 heterocycles. The van der Waals surface area contributed by atoms with E-state index >= 15 is 0 Å². The Balaban J connectivity index is 2.46. The molecule has 0 spiro atoms. The SMILES string of the molecule is Cc1cccc(/C(N)=N/O)c1N(C)C(C)c1cccs1. The number of para-hydroxylation sites is 1. The third-order valence-corrected chi connectivity index (χ3v) is 4.55. The van der Waals surface area contributed by atoms with E-state index in [4.69, 9.17) is 10.9 Å². The molecule has 2 aromatic rings. The minimum Gasteiger partial charge on any atom is -0.409 e. The minimum absolute atomic E-state index is 0.133. The number of thiophene rings is 1. The van der Waals surface area contributed by atoms with Crippen LogP contribution in [0.25, 0.3) is 0 Å². The smallest absolute Gasteiger partial charge is 0.172 e. The molecule has 0 radical (unpaired) electrons. The van der Waals surface area contributed by atoms with Crippen molar-refractivity contribution in [2.75, 3.05) is 11.9 Å². The van der Waals surface area contributed by atoms with Gasteiger partial charge >= 0.3 is 0 Å². The normalized spacial score (nSPS) is 13.2. The van der Waals surface area contributed by atoms with Gasteiger partial charge in [0.2, 0.25) is 0 Å². The predicted octanol–water partition coefficient (Wildman–Crippen LogP) is 3.35. The summed E-state index contributed by atoms with van der Waals surface area (Å²) in [5.41, 5.74) is 8.63. The van der Waals surface area contributed by atoms with Gasteiger partial charge in [-0.3, -0.25) is 0 Å². The van der Waals surface area contributed by atoms with Crippen LogP contribution in [0.5, 0.6) is 0 Å². The van der Waals surface area contributed by atoms with Crippen LogP contribution in [0.15, 0.2) is 40.9 Å². The number of nitrogens with two attached hydrogens (primary N) is 1. The second-order valence-corrected chi connectivity index (χ2v) is 5.74. The lowest BCUT2D eigenvalue weighted by Gasteiger charge is -2.29. The predicted molar refractivity (Wildman–Crippen MR) is 84.8 cm³/mol. The molecule has 3 N–H and O–H groups in total. The molecule has 1 aromatic heterocycles. The van der Waals surface area contributed by atoms with Crippen LogP contribution in [0.2, 0.25) is 0 Å². The van der Waals surface area contributed by atoms with Crippen LogP contribution in [0.4, 0.5) is 5.69 Å². The number of benzene rings is 1. The highest BCUT2D eigenvalue weighted by atomic mass is 32.1. The molecule has 1 atom stereocenters. The van der Waals surface area contributed by atoms with Crippen LogP contribution >= 0.6 is 11.3 Å². The van der Waals surface area contributed by atoms with Crippen molar-refractivity contribution < 1.29 is 5.21 Å². The molecule has 20 heavy (non-hydrogen) atoms. The molecule has 0 bridgehead atoms. The van der Waals surface area contributed by atoms with Crippen molar-refractivity contribution in [2.24, 2.45) is 10.9 Å². The number of nitrogens with zero attached hydrogens (tertiary/aromatic N) is 2. The van der Waals surface area contributed by atoms with E-state index in [0.717, 1.165) is 16.8 Å². The van der Waals surface area contributed by atoms with Crippen LogP contribution < -0.4 is 10.6 Å². The van der Waals surface area contributed by atoms with Crippen LogP contribution in [0.3, 0.4) is 0 Å². The van der Waals surface area contributed by atoms with E-state index in [1.54, 1.807) is 11.3 Å². The second kappa shape index (κ2) is 5.96. The fraction of sp³-hybridized carbons (Fsp3) is 0.267. The van der Waals surface area contributed by atoms with Crippen LogP contribution in [0.1, 0.15) is 29.0 Å². The molecule has 4 nitrogen and oxygen atoms in total. The molecule has 0 fully saturated rings. The Morgan fingerprint density at radius 1 is 1.35 bits per heavy atom. The highest BCUT2D eigenvalue weighted by molar-refractivity contribution is 7.10. The maximum atomic E-state index is 8.95. The van der Waals surface area contributed by atoms with Crippen molar-refractivity contribution in [2.45, 2.75) is 19.9 Å². The van der Waals surface area contributed by atoms with Gasteiger partial charge in [-0.05, 0) is 36.9 Å². The van der Waals surface area contributed by atoms with E-state index in [0.29, 0.717) is 0 Å². The van der Waals surface area contributed by atoms with Crippen LogP contribution in [-0.2, 0) is 0 Å². The minimum atomic E-state index is 0.133. The first-order valence-electron chi connectivity index (χ1n) is 6.40. The molecular formula is C15H19N3OS. The molecule has 0 saturated carbocycles. The number of rotatable bonds is 4. The molecular weight excluding hydrogens is 270 g/mol. The highest BCUT2D eigenvalue weighted by Crippen LogP contribution is 2.32. The Bertz CT molecular complexity index is 608. The van der Waals surface area contributed by atoms with Crippen molar-refractivity contribution in [3.05, 3.63) is 51.7 Å². The van der Waals surface area contributed by atoms with E-state index in [1.165, 1.54) is 4.88 Å². The Morgan fingerprint density at radius 3 is 2.70 bits per heavy atom. The summed E-state index contributed by atoms with van der Waals surface area (Å²) in [6.07, 6.45) is 0. The lowest BCUT2D eigenvalue weighted by Crippen LogP contribution is -2.26. The van der Waals surface area contributed by atoms with E-state index < -0.39 is 0 Å². The summed E-state index contributed by atoms with van der Waals surface area (Å²) in [7, 11) is 2.03. The Kier molecular flexibility index (Phi) is 4.29. The van der Waals surface area contributed by atoms with E-state index in [2.05, 4.69) is 28.4 Å². The van der Waals surface area contributed by atoms with Crippen LogP contribution in [-0.4, -0.2) is 18.1 Å². The number of hydrogen-bond donors (Lipinski definition) is 2. The van der Waals surface area contributed by atoms with Gasteiger partial charge in [-0.15, -0.1) is 11.3 Å². The fourth-order valence-corrected chi connectivity index (χ4v) is 3.13. The van der Waals surface area contributed by atoms with Crippen molar-refractivity contribution in [1.29, 1.82) is 0 Å². The molecule has 5 heteroatoms. The zero-order valence-electron chi connectivity index (χ0n) is 11.9. The highest BCUT2D eigenvalue weighted by Gasteiger charge is 2.19. The van der Waals surface area contributed by atoms with E-state index in [1.807, 2.05) is 38.2 Å². The summed E-state index contributed by atoms with van der Waals surface area (Å²) in [5, 5.41) is 14.2. The topological polar surface area (TPSA) is 61.9 Å². The molecule has 2 rings (SSSR count). The first-order chi connectivity index (χ1) is 9.56. The van der Waals surface area contributed by atoms with Gasteiger partial charge in [-0.2, -0.15) is 0 Å². The molecule has 1 aromatic carbocycles. The molecule has 0 aliphatic heterocycles. The van der Waals surface area contributed by atoms with Crippen molar-refractivity contribution in [3.63, 3.8) is 0 Å². The standard InChI is InChI=1S/C15H19N3OS/c1-10-6-4-7-12(15(16)17-19)14(10)18(3)11(2)13-8-5-9-20-13/h4-9,11,19H,1-3H3,(H2,16,17). The Morgan fingerprint density at radius 2 is 2.10 bits per heavy atom. The van der Waals surface area contributed by atoms with Gasteiger partial charge in [0, 0.05) is 17.5 Å². The second-order valence-electron chi connectivity index (χ2n) is 4.76. The summed E-state index contributed by atoms with van der Waals surface area (Å²) < 4.78 is 0. The van der Waals surface area contributed by atoms with E-state index in [9.17, 15) is 0 Å². The Labute approximate surface area is 123 Å². The van der Waals surface area contributed by atoms with Gasteiger partial charge in [0.25, 0.3) is 0 Å². The third kappa shape index (κ3) is 2.63. The molecule has 1 unspecified atom stereocenters. The number of anilines is 1. The van der Waals surface area contributed by atoms with Gasteiger partial charge in [0.1, 0.15) is 0 Å². The quantitative estimate of drug-likeness (QED) is 0.393. The van der Waals surface area contributed by atoms with Crippen molar-refractivity contribution in [3.8, 4) is 0 Å². The molecule has 0 amide bonds. The summed E-state index contributed by atoms with van der Waals surface area (Å²) in [5.74, 6) is 0.133. The number of amidine groups is 1. The lowest BCUT2D eigenvalue weighted by molar-refractivity contribution is 0.318. The zero-order valence-corrected chi connectivity index (χ0v) is 12.7. The zero-order chi connectivity index (χ0) is 14.7. The van der Waals surface area contributed by atoms with Gasteiger partial charge in [0.15, 0.2) is 5.84 Å². The lowest BCUT2D eigenvalue weighted by atomic mass is 10.0. The average Bonchev–Trinajstić information content (AvgIpc) is 2.98. The Hall–Kier alpha value is -2.01. The average molecular weight is 289 g/mol. The first-order valence-corrected chi connectivity index (χ1v) is 7.28. The first kappa shape index (κ1) is 14.4. The number of aryl methyl sites for hydroxylation is 1.